The van der Waals surface area contributed by atoms with Gasteiger partial charge in [-0.1, -0.05) is 24.3 Å². The number of benzene rings is 2. The number of phenolic OH excluding ortho intramolecular Hbond substituents is 1. The summed E-state index contributed by atoms with van der Waals surface area (Å²) in [5, 5.41) is 11.4. The molecular formula is C29H30O8. The lowest BCUT2D eigenvalue weighted by atomic mass is 9.83. The van der Waals surface area contributed by atoms with Crippen molar-refractivity contribution in [3.05, 3.63) is 64.2 Å². The molecule has 2 aliphatic rings. The molecule has 2 atom stereocenters. The third kappa shape index (κ3) is 5.90. The highest BCUT2D eigenvalue weighted by molar-refractivity contribution is 5.98. The quantitative estimate of drug-likeness (QED) is 0.442. The molecule has 0 spiro atoms. The Kier molecular flexibility index (Phi) is 8.06. The Hall–Kier alpha value is -3.94. The minimum absolute atomic E-state index is 0.00381. The van der Waals surface area contributed by atoms with Gasteiger partial charge in [0.1, 0.15) is 22.8 Å². The van der Waals surface area contributed by atoms with Crippen LogP contribution in [0.15, 0.2) is 36.4 Å². The van der Waals surface area contributed by atoms with E-state index >= 15 is 0 Å². The first-order chi connectivity index (χ1) is 17.8. The molecule has 0 aromatic heterocycles. The van der Waals surface area contributed by atoms with Crippen LogP contribution in [0.4, 0.5) is 0 Å². The number of aromatic hydroxyl groups is 1. The number of cyclic esters (lactones) is 1. The number of ketones is 1. The third-order valence-corrected chi connectivity index (χ3v) is 6.71. The number of ether oxygens (including phenoxy) is 3. The number of rotatable bonds is 2. The van der Waals surface area contributed by atoms with E-state index in [9.17, 15) is 24.3 Å². The number of carbonyl (C=O) groups excluding carboxylic acids is 4. The van der Waals surface area contributed by atoms with E-state index in [0.29, 0.717) is 60.8 Å². The van der Waals surface area contributed by atoms with E-state index in [1.165, 1.54) is 7.11 Å². The van der Waals surface area contributed by atoms with Crippen molar-refractivity contribution < 1.29 is 38.5 Å². The summed E-state index contributed by atoms with van der Waals surface area (Å²) in [5.41, 5.74) is 1.70. The maximum atomic E-state index is 13.3. The van der Waals surface area contributed by atoms with Crippen molar-refractivity contribution in [1.82, 2.24) is 0 Å². The van der Waals surface area contributed by atoms with Gasteiger partial charge in [0.2, 0.25) is 0 Å². The molecule has 4 rings (SSSR count). The van der Waals surface area contributed by atoms with Gasteiger partial charge in [0, 0.05) is 24.3 Å². The normalized spacial score (nSPS) is 20.6. The molecule has 0 saturated heterocycles. The van der Waals surface area contributed by atoms with Crippen LogP contribution in [0.2, 0.25) is 0 Å². The fourth-order valence-electron chi connectivity index (χ4n) is 4.77. The Morgan fingerprint density at radius 2 is 1.81 bits per heavy atom. The first kappa shape index (κ1) is 26.1. The van der Waals surface area contributed by atoms with E-state index < -0.39 is 29.9 Å². The fraction of sp³-hybridized carbons (Fsp3) is 0.379. The zero-order valence-electron chi connectivity index (χ0n) is 21.0. The van der Waals surface area contributed by atoms with Gasteiger partial charge in [0.05, 0.1) is 25.2 Å². The molecule has 2 heterocycles. The molecule has 0 radical (unpaired) electrons. The molecule has 0 saturated carbocycles. The van der Waals surface area contributed by atoms with Gasteiger partial charge in [0.25, 0.3) is 0 Å². The molecule has 0 aliphatic carbocycles. The molecule has 0 bridgehead atoms. The predicted octanol–water partition coefficient (Wildman–Crippen LogP) is 5.10. The molecule has 2 aliphatic heterocycles. The minimum Gasteiger partial charge on any atom is -0.507 e. The Morgan fingerprint density at radius 1 is 1.08 bits per heavy atom. The average Bonchev–Trinajstić information content (AvgIpc) is 2.87. The van der Waals surface area contributed by atoms with E-state index in [1.54, 1.807) is 43.3 Å². The summed E-state index contributed by atoms with van der Waals surface area (Å²) < 4.78 is 15.9. The smallest absolute Gasteiger partial charge is 0.342 e. The zero-order valence-corrected chi connectivity index (χ0v) is 21.0. The van der Waals surface area contributed by atoms with Crippen molar-refractivity contribution in [3.63, 3.8) is 0 Å². The van der Waals surface area contributed by atoms with E-state index in [0.717, 1.165) is 0 Å². The van der Waals surface area contributed by atoms with Crippen LogP contribution in [0.3, 0.4) is 0 Å². The number of Topliss-reactive ketones (excluding diaryl/α,β-unsaturated/α-hetero) is 1. The summed E-state index contributed by atoms with van der Waals surface area (Å²) in [6.07, 6.45) is 6.38. The maximum absolute atomic E-state index is 13.3. The molecule has 0 fully saturated rings. The summed E-state index contributed by atoms with van der Waals surface area (Å²) in [5.74, 6) is -2.20. The number of esters is 3. The van der Waals surface area contributed by atoms with Crippen molar-refractivity contribution >= 4 is 29.8 Å². The summed E-state index contributed by atoms with van der Waals surface area (Å²) in [6, 6.07) is 8.11. The van der Waals surface area contributed by atoms with E-state index in [2.05, 4.69) is 0 Å². The van der Waals surface area contributed by atoms with Crippen LogP contribution in [0.1, 0.15) is 95.2 Å². The average molecular weight is 507 g/mol. The Morgan fingerprint density at radius 3 is 2.54 bits per heavy atom. The summed E-state index contributed by atoms with van der Waals surface area (Å²) >= 11 is 0. The molecule has 2 aromatic carbocycles. The minimum atomic E-state index is -0.687. The van der Waals surface area contributed by atoms with Crippen LogP contribution < -0.4 is 4.74 Å². The molecule has 194 valence electrons. The van der Waals surface area contributed by atoms with Gasteiger partial charge in [-0.25, -0.2) is 9.59 Å². The number of fused-ring (bicyclic) bond motifs is 2. The summed E-state index contributed by atoms with van der Waals surface area (Å²) in [4.78, 5) is 49.7. The van der Waals surface area contributed by atoms with Crippen LogP contribution in [-0.2, 0) is 19.1 Å². The lowest BCUT2D eigenvalue weighted by Gasteiger charge is -2.27. The number of hydrogen-bond acceptors (Lipinski definition) is 8. The summed E-state index contributed by atoms with van der Waals surface area (Å²) in [7, 11) is 1.29. The van der Waals surface area contributed by atoms with Crippen molar-refractivity contribution in [2.24, 2.45) is 0 Å². The number of hydrogen-bond donors (Lipinski definition) is 1. The SMILES string of the molecule is COC(=O)c1ccc(C2CC(=O)Oc3cc4c(c(O)c32)C(=O)O[C@@H](C)CCCC(=O)CCCC=C4)cc1. The lowest BCUT2D eigenvalue weighted by Crippen LogP contribution is -2.23. The van der Waals surface area contributed by atoms with Crippen LogP contribution >= 0.6 is 0 Å². The third-order valence-electron chi connectivity index (χ3n) is 6.71. The second kappa shape index (κ2) is 11.4. The van der Waals surface area contributed by atoms with Gasteiger partial charge in [-0.05, 0) is 61.9 Å². The highest BCUT2D eigenvalue weighted by Crippen LogP contribution is 2.47. The van der Waals surface area contributed by atoms with E-state index in [1.807, 2.05) is 6.08 Å². The molecule has 8 heteroatoms. The molecule has 1 N–H and O–H groups in total. The topological polar surface area (TPSA) is 116 Å². The van der Waals surface area contributed by atoms with E-state index in [-0.39, 0.29) is 29.3 Å². The molecule has 37 heavy (non-hydrogen) atoms. The summed E-state index contributed by atoms with van der Waals surface area (Å²) in [6.45, 7) is 1.76. The van der Waals surface area contributed by atoms with Gasteiger partial charge in [0.15, 0.2) is 0 Å². The van der Waals surface area contributed by atoms with Gasteiger partial charge in [-0.3, -0.25) is 9.59 Å². The number of phenols is 1. The van der Waals surface area contributed by atoms with Crippen molar-refractivity contribution in [1.29, 1.82) is 0 Å². The van der Waals surface area contributed by atoms with Crippen LogP contribution in [0.5, 0.6) is 11.5 Å². The lowest BCUT2D eigenvalue weighted by molar-refractivity contribution is -0.135. The van der Waals surface area contributed by atoms with Crippen molar-refractivity contribution in [2.45, 2.75) is 63.9 Å². The first-order valence-corrected chi connectivity index (χ1v) is 12.5. The highest BCUT2D eigenvalue weighted by atomic mass is 16.5. The first-order valence-electron chi connectivity index (χ1n) is 12.5. The predicted molar refractivity (Wildman–Crippen MR) is 135 cm³/mol. The van der Waals surface area contributed by atoms with Crippen LogP contribution in [-0.4, -0.2) is 42.0 Å². The molecule has 8 nitrogen and oxygen atoms in total. The Bertz CT molecular complexity index is 1240. The van der Waals surface area contributed by atoms with Gasteiger partial charge in [-0.15, -0.1) is 0 Å². The van der Waals surface area contributed by atoms with Gasteiger partial charge in [-0.2, -0.15) is 0 Å². The number of carbonyl (C=O) groups is 4. The fourth-order valence-corrected chi connectivity index (χ4v) is 4.77. The molecule has 0 amide bonds. The molecule has 1 unspecified atom stereocenters. The van der Waals surface area contributed by atoms with Crippen molar-refractivity contribution in [3.8, 4) is 11.5 Å². The highest BCUT2D eigenvalue weighted by Gasteiger charge is 2.35. The van der Waals surface area contributed by atoms with Crippen molar-refractivity contribution in [2.75, 3.05) is 7.11 Å². The molecular weight excluding hydrogens is 476 g/mol. The Labute approximate surface area is 215 Å². The maximum Gasteiger partial charge on any atom is 0.342 e. The second-order valence-corrected chi connectivity index (χ2v) is 9.39. The van der Waals surface area contributed by atoms with Gasteiger partial charge >= 0.3 is 17.9 Å². The monoisotopic (exact) mass is 506 g/mol. The number of methoxy groups -OCH3 is 1. The van der Waals surface area contributed by atoms with E-state index in [4.69, 9.17) is 14.2 Å². The van der Waals surface area contributed by atoms with Crippen LogP contribution in [0.25, 0.3) is 6.08 Å². The number of allylic oxidation sites excluding steroid dienone is 1. The standard InChI is InChI=1S/C29H30O8/c1-17-7-6-10-21(30)9-5-3-4-8-20-15-23-26(27(32)25(20)29(34)36-17)22(16-24(31)37-23)18-11-13-19(14-12-18)28(33)35-2/h4,8,11-15,17,22,32H,3,5-7,9-10,16H2,1-2H3/t17-,22?/m0/s1. The Balaban J connectivity index is 1.78. The van der Waals surface area contributed by atoms with Crippen LogP contribution in [0, 0.1) is 0 Å². The largest absolute Gasteiger partial charge is 0.507 e. The van der Waals surface area contributed by atoms with Gasteiger partial charge < -0.3 is 19.3 Å². The molecule has 2 aromatic rings. The second-order valence-electron chi connectivity index (χ2n) is 9.39. The zero-order chi connectivity index (χ0) is 26.5.